The number of anilines is 1. The molecule has 0 heterocycles. The lowest BCUT2D eigenvalue weighted by Crippen LogP contribution is -2.53. The predicted octanol–water partition coefficient (Wildman–Crippen LogP) is 5.80. The van der Waals surface area contributed by atoms with Crippen LogP contribution in [0.1, 0.15) is 46.1 Å². The molecule has 0 saturated carbocycles. The molecule has 0 aliphatic heterocycles. The predicted molar refractivity (Wildman–Crippen MR) is 163 cm³/mol. The van der Waals surface area contributed by atoms with Gasteiger partial charge in [-0.3, -0.25) is 13.9 Å². The van der Waals surface area contributed by atoms with Crippen LogP contribution in [0.25, 0.3) is 0 Å². The van der Waals surface area contributed by atoms with Crippen molar-refractivity contribution in [2.24, 2.45) is 0 Å². The summed E-state index contributed by atoms with van der Waals surface area (Å²) >= 11 is 6.00. The zero-order valence-electron chi connectivity index (χ0n) is 24.2. The fourth-order valence-electron chi connectivity index (χ4n) is 4.28. The van der Waals surface area contributed by atoms with Gasteiger partial charge in [-0.05, 0) is 92.9 Å². The van der Waals surface area contributed by atoms with Crippen LogP contribution in [-0.4, -0.2) is 50.4 Å². The van der Waals surface area contributed by atoms with Crippen LogP contribution in [0.5, 0.6) is 5.75 Å². The van der Waals surface area contributed by atoms with Crippen molar-refractivity contribution in [1.29, 1.82) is 0 Å². The smallest absolute Gasteiger partial charge is 0.264 e. The second kappa shape index (κ2) is 15.0. The average Bonchev–Trinajstić information content (AvgIpc) is 2.97. The summed E-state index contributed by atoms with van der Waals surface area (Å²) in [5.41, 5.74) is 0.827. The van der Waals surface area contributed by atoms with Gasteiger partial charge in [-0.15, -0.1) is 0 Å². The van der Waals surface area contributed by atoms with Crippen molar-refractivity contribution in [2.45, 2.75) is 64.1 Å². The Labute approximate surface area is 252 Å². The Morgan fingerprint density at radius 3 is 2.10 bits per heavy atom. The minimum Gasteiger partial charge on any atom is -0.494 e. The molecule has 0 spiro atoms. The molecule has 3 rings (SSSR count). The molecule has 2 atom stereocenters. The van der Waals surface area contributed by atoms with Crippen LogP contribution >= 0.6 is 11.6 Å². The quantitative estimate of drug-likeness (QED) is 0.247. The molecular formula is C31H37ClFN3O5S. The van der Waals surface area contributed by atoms with E-state index < -0.39 is 34.3 Å². The van der Waals surface area contributed by atoms with Crippen molar-refractivity contribution >= 4 is 39.1 Å². The Kier molecular flexibility index (Phi) is 11.8. The number of ether oxygens (including phenoxy) is 1. The molecule has 0 bridgehead atoms. The van der Waals surface area contributed by atoms with Gasteiger partial charge >= 0.3 is 0 Å². The summed E-state index contributed by atoms with van der Waals surface area (Å²) in [7, 11) is -4.24. The van der Waals surface area contributed by atoms with Gasteiger partial charge in [0.2, 0.25) is 11.8 Å². The number of rotatable bonds is 14. The molecule has 11 heteroatoms. The van der Waals surface area contributed by atoms with E-state index in [1.54, 1.807) is 31.2 Å². The molecule has 226 valence electrons. The molecule has 3 aromatic rings. The van der Waals surface area contributed by atoms with E-state index in [-0.39, 0.29) is 35.5 Å². The Morgan fingerprint density at radius 1 is 0.929 bits per heavy atom. The summed E-state index contributed by atoms with van der Waals surface area (Å²) < 4.78 is 48.0. The van der Waals surface area contributed by atoms with Crippen molar-refractivity contribution in [1.82, 2.24) is 10.2 Å². The number of carbonyl (C=O) groups is 2. The molecule has 2 amide bonds. The molecule has 3 aromatic carbocycles. The first-order valence-electron chi connectivity index (χ1n) is 13.9. The summed E-state index contributed by atoms with van der Waals surface area (Å²) in [5.74, 6) is -0.844. The third kappa shape index (κ3) is 8.45. The van der Waals surface area contributed by atoms with Crippen LogP contribution < -0.4 is 14.4 Å². The van der Waals surface area contributed by atoms with Crippen LogP contribution in [0.15, 0.2) is 77.7 Å². The molecular weight excluding hydrogens is 581 g/mol. The normalized spacial score (nSPS) is 12.7. The third-order valence-electron chi connectivity index (χ3n) is 6.77. The monoisotopic (exact) mass is 617 g/mol. The van der Waals surface area contributed by atoms with E-state index in [0.29, 0.717) is 29.4 Å². The van der Waals surface area contributed by atoms with Crippen LogP contribution in [0, 0.1) is 5.82 Å². The zero-order valence-corrected chi connectivity index (χ0v) is 25.8. The first-order valence-corrected chi connectivity index (χ1v) is 15.7. The number of hydrogen-bond acceptors (Lipinski definition) is 5. The van der Waals surface area contributed by atoms with Gasteiger partial charge in [-0.25, -0.2) is 12.8 Å². The number of hydrogen-bond donors (Lipinski definition) is 1. The van der Waals surface area contributed by atoms with Crippen LogP contribution in [0.4, 0.5) is 10.1 Å². The lowest BCUT2D eigenvalue weighted by atomic mass is 10.1. The second-order valence-electron chi connectivity index (χ2n) is 9.78. The highest BCUT2D eigenvalue weighted by Gasteiger charge is 2.34. The van der Waals surface area contributed by atoms with Crippen molar-refractivity contribution in [3.63, 3.8) is 0 Å². The van der Waals surface area contributed by atoms with Gasteiger partial charge in [0.15, 0.2) is 0 Å². The number of carbonyl (C=O) groups excluding carboxylic acids is 2. The van der Waals surface area contributed by atoms with E-state index in [4.69, 9.17) is 16.3 Å². The van der Waals surface area contributed by atoms with Crippen molar-refractivity contribution in [2.75, 3.05) is 17.5 Å². The van der Waals surface area contributed by atoms with E-state index >= 15 is 0 Å². The van der Waals surface area contributed by atoms with E-state index in [0.717, 1.165) is 4.31 Å². The molecule has 0 aliphatic rings. The largest absolute Gasteiger partial charge is 0.494 e. The first-order chi connectivity index (χ1) is 20.0. The number of halogens is 2. The van der Waals surface area contributed by atoms with Crippen molar-refractivity contribution in [3.8, 4) is 5.75 Å². The lowest BCUT2D eigenvalue weighted by molar-refractivity contribution is -0.140. The highest BCUT2D eigenvalue weighted by Crippen LogP contribution is 2.27. The first kappa shape index (κ1) is 32.9. The molecule has 0 aliphatic carbocycles. The standard InChI is InChI=1S/C31H37ClFN3O5S/c1-5-22(4)34-31(38)29(6-2)35(20-23-8-12-25(33)13-9-23)30(37)21-36(26-14-16-27(17-15-26)41-7-3)42(39,40)28-18-10-24(32)11-19-28/h8-19,22,29H,5-7,20-21H2,1-4H3,(H,34,38)/t22-,29+/m0/s1. The zero-order chi connectivity index (χ0) is 30.9. The maximum absolute atomic E-state index is 14.1. The number of amides is 2. The highest BCUT2D eigenvalue weighted by molar-refractivity contribution is 7.92. The fraction of sp³-hybridized carbons (Fsp3) is 0.355. The Hall–Kier alpha value is -3.63. The Morgan fingerprint density at radius 2 is 1.55 bits per heavy atom. The molecule has 0 saturated heterocycles. The second-order valence-corrected chi connectivity index (χ2v) is 12.1. The number of nitrogens with one attached hydrogen (secondary N) is 1. The summed E-state index contributed by atoms with van der Waals surface area (Å²) in [6.07, 6.45) is 0.973. The highest BCUT2D eigenvalue weighted by atomic mass is 35.5. The molecule has 42 heavy (non-hydrogen) atoms. The molecule has 0 unspecified atom stereocenters. The molecule has 0 aromatic heterocycles. The third-order valence-corrected chi connectivity index (χ3v) is 8.81. The van der Waals surface area contributed by atoms with E-state index in [2.05, 4.69) is 5.32 Å². The molecule has 1 N–H and O–H groups in total. The summed E-state index contributed by atoms with van der Waals surface area (Å²) in [4.78, 5) is 28.7. The van der Waals surface area contributed by atoms with E-state index in [1.165, 1.54) is 53.4 Å². The Bertz CT molecular complexity index is 1430. The van der Waals surface area contributed by atoms with Crippen molar-refractivity contribution < 1.29 is 27.1 Å². The number of benzene rings is 3. The maximum Gasteiger partial charge on any atom is 0.264 e. The van der Waals surface area contributed by atoms with Gasteiger partial charge in [0, 0.05) is 17.6 Å². The lowest BCUT2D eigenvalue weighted by Gasteiger charge is -2.33. The topological polar surface area (TPSA) is 96.0 Å². The van der Waals surface area contributed by atoms with Gasteiger partial charge in [0.05, 0.1) is 17.2 Å². The van der Waals surface area contributed by atoms with Gasteiger partial charge in [0.1, 0.15) is 24.2 Å². The molecule has 0 radical (unpaired) electrons. The van der Waals surface area contributed by atoms with Crippen LogP contribution in [-0.2, 0) is 26.2 Å². The minimum absolute atomic E-state index is 0.0242. The van der Waals surface area contributed by atoms with Crippen LogP contribution in [0.2, 0.25) is 5.02 Å². The molecule has 8 nitrogen and oxygen atoms in total. The number of nitrogens with zero attached hydrogens (tertiary/aromatic N) is 2. The van der Waals surface area contributed by atoms with Crippen molar-refractivity contribution in [3.05, 3.63) is 89.2 Å². The van der Waals surface area contributed by atoms with Gasteiger partial charge < -0.3 is 15.0 Å². The van der Waals surface area contributed by atoms with Gasteiger partial charge in [-0.2, -0.15) is 0 Å². The fourth-order valence-corrected chi connectivity index (χ4v) is 5.83. The van der Waals surface area contributed by atoms with Gasteiger partial charge in [0.25, 0.3) is 10.0 Å². The SMILES string of the molecule is CCOc1ccc(N(CC(=O)N(Cc2ccc(F)cc2)[C@H](CC)C(=O)N[C@@H](C)CC)S(=O)(=O)c2ccc(Cl)cc2)cc1. The summed E-state index contributed by atoms with van der Waals surface area (Å²) in [5, 5.41) is 3.29. The van der Waals surface area contributed by atoms with E-state index in [9.17, 15) is 22.4 Å². The summed E-state index contributed by atoms with van der Waals surface area (Å²) in [6, 6.07) is 16.6. The average molecular weight is 618 g/mol. The maximum atomic E-state index is 14.1. The van der Waals surface area contributed by atoms with E-state index in [1.807, 2.05) is 20.8 Å². The molecule has 0 fully saturated rings. The summed E-state index contributed by atoms with van der Waals surface area (Å²) in [6.45, 7) is 7.23. The minimum atomic E-state index is -4.24. The number of sulfonamides is 1. The van der Waals surface area contributed by atoms with Crippen LogP contribution in [0.3, 0.4) is 0 Å². The Balaban J connectivity index is 2.05. The van der Waals surface area contributed by atoms with Gasteiger partial charge in [-0.1, -0.05) is 37.6 Å².